The minimum Gasteiger partial charge on any atom is -0.467 e. The molecule has 3 rings (SSSR count). The van der Waals surface area contributed by atoms with Crippen molar-refractivity contribution in [3.63, 3.8) is 0 Å². The molecule has 1 saturated heterocycles. The molecule has 2 aromatic heterocycles. The first-order chi connectivity index (χ1) is 11.3. The monoisotopic (exact) mass is 335 g/mol. The van der Waals surface area contributed by atoms with Gasteiger partial charge in [0.1, 0.15) is 29.0 Å². The molecule has 0 radical (unpaired) electrons. The minimum absolute atomic E-state index is 0.364. The summed E-state index contributed by atoms with van der Waals surface area (Å²) in [6, 6.07) is 2.42. The highest BCUT2D eigenvalue weighted by molar-refractivity contribution is 5.18. The summed E-state index contributed by atoms with van der Waals surface area (Å²) in [6.45, 7) is 3.08. The molecule has 1 aliphatic heterocycles. The van der Waals surface area contributed by atoms with Crippen LogP contribution in [0.25, 0.3) is 0 Å². The maximum absolute atomic E-state index is 11.7. The molecular formula is C15H17N3O6. The summed E-state index contributed by atoms with van der Waals surface area (Å²) in [4.78, 5) is 22.5. The van der Waals surface area contributed by atoms with Crippen molar-refractivity contribution < 1.29 is 18.7 Å². The fourth-order valence-corrected chi connectivity index (χ4v) is 3.61. The van der Waals surface area contributed by atoms with Crippen LogP contribution >= 0.6 is 0 Å². The summed E-state index contributed by atoms with van der Waals surface area (Å²) >= 11 is 0. The number of nitrogens with zero attached hydrogens (tertiary/aromatic N) is 2. The molecule has 9 nitrogen and oxygen atoms in total. The average Bonchev–Trinajstić information content (AvgIpc) is 3.17. The highest BCUT2D eigenvalue weighted by atomic mass is 16.6. The number of nitrogens with one attached hydrogen (secondary N) is 1. The second-order valence-electron chi connectivity index (χ2n) is 6.43. The molecule has 24 heavy (non-hydrogen) atoms. The van der Waals surface area contributed by atoms with Crippen LogP contribution in [0.15, 0.2) is 45.6 Å². The predicted molar refractivity (Wildman–Crippen MR) is 81.4 cm³/mol. The second kappa shape index (κ2) is 5.75. The van der Waals surface area contributed by atoms with E-state index in [2.05, 4.69) is 5.32 Å². The molecule has 4 atom stereocenters. The smallest absolute Gasteiger partial charge is 0.247 e. The Hall–Kier alpha value is -2.68. The fraction of sp³-hybridized carbons (Fsp3) is 0.467. The molecule has 0 aromatic carbocycles. The topological polar surface area (TPSA) is 125 Å². The number of hydrogen-bond acceptors (Lipinski definition) is 7. The highest BCUT2D eigenvalue weighted by Gasteiger charge is 2.64. The van der Waals surface area contributed by atoms with Gasteiger partial charge in [-0.3, -0.25) is 25.5 Å². The van der Waals surface area contributed by atoms with E-state index in [9.17, 15) is 20.2 Å². The Morgan fingerprint density at radius 2 is 1.38 bits per heavy atom. The normalized spacial score (nSPS) is 29.2. The van der Waals surface area contributed by atoms with E-state index in [1.54, 1.807) is 38.1 Å². The van der Waals surface area contributed by atoms with Gasteiger partial charge in [0.25, 0.3) is 0 Å². The third-order valence-electron chi connectivity index (χ3n) is 4.67. The lowest BCUT2D eigenvalue weighted by molar-refractivity contribution is -0.605. The van der Waals surface area contributed by atoms with E-state index >= 15 is 0 Å². The number of hydrogen-bond donors (Lipinski definition) is 1. The van der Waals surface area contributed by atoms with Gasteiger partial charge in [0.05, 0.1) is 12.5 Å². The molecule has 2 aromatic rings. The summed E-state index contributed by atoms with van der Waals surface area (Å²) in [5.74, 6) is 0.728. The van der Waals surface area contributed by atoms with Gasteiger partial charge in [-0.15, -0.1) is 0 Å². The maximum atomic E-state index is 11.7. The predicted octanol–water partition coefficient (Wildman–Crippen LogP) is 2.58. The maximum Gasteiger partial charge on any atom is 0.247 e. The lowest BCUT2D eigenvalue weighted by Gasteiger charge is -2.42. The lowest BCUT2D eigenvalue weighted by Crippen LogP contribution is -2.63. The Morgan fingerprint density at radius 1 is 0.958 bits per heavy atom. The standard InChI is InChI=1S/C15H17N3O6/c1-15(2)13(17(19)20)11(9-5-3-7-23-9)16-12(14(15)18(21)22)10-6-4-8-24-10/h3-8,11-14,16H,1-2H3/t11-,12+,13-,14-/m0/s1. The first-order valence-corrected chi connectivity index (χ1v) is 7.44. The fourth-order valence-electron chi connectivity index (χ4n) is 3.61. The van der Waals surface area contributed by atoms with Crippen LogP contribution in [0.4, 0.5) is 0 Å². The van der Waals surface area contributed by atoms with Gasteiger partial charge in [-0.1, -0.05) is 0 Å². The Kier molecular flexibility index (Phi) is 3.88. The van der Waals surface area contributed by atoms with Gasteiger partial charge in [0.2, 0.25) is 12.1 Å². The van der Waals surface area contributed by atoms with Crippen molar-refractivity contribution >= 4 is 0 Å². The quantitative estimate of drug-likeness (QED) is 0.672. The van der Waals surface area contributed by atoms with Gasteiger partial charge < -0.3 is 8.83 Å². The summed E-state index contributed by atoms with van der Waals surface area (Å²) in [5.41, 5.74) is -1.24. The summed E-state index contributed by atoms with van der Waals surface area (Å²) in [6.07, 6.45) is 2.84. The molecule has 128 valence electrons. The molecular weight excluding hydrogens is 318 g/mol. The molecule has 0 spiro atoms. The second-order valence-corrected chi connectivity index (χ2v) is 6.43. The Labute approximate surface area is 136 Å². The molecule has 1 fully saturated rings. The first kappa shape index (κ1) is 16.2. The zero-order chi connectivity index (χ0) is 17.5. The Balaban J connectivity index is 2.12. The lowest BCUT2D eigenvalue weighted by atomic mass is 9.68. The van der Waals surface area contributed by atoms with Crippen molar-refractivity contribution in [1.82, 2.24) is 5.32 Å². The molecule has 0 unspecified atom stereocenters. The van der Waals surface area contributed by atoms with Gasteiger partial charge >= 0.3 is 0 Å². The van der Waals surface area contributed by atoms with Crippen molar-refractivity contribution in [3.05, 3.63) is 68.5 Å². The summed E-state index contributed by atoms with van der Waals surface area (Å²) < 4.78 is 10.7. The first-order valence-electron chi connectivity index (χ1n) is 7.44. The van der Waals surface area contributed by atoms with E-state index in [1.807, 2.05) is 0 Å². The van der Waals surface area contributed by atoms with Crippen molar-refractivity contribution in [2.45, 2.75) is 38.0 Å². The van der Waals surface area contributed by atoms with Gasteiger partial charge in [0, 0.05) is 9.85 Å². The van der Waals surface area contributed by atoms with E-state index in [0.29, 0.717) is 11.5 Å². The summed E-state index contributed by atoms with van der Waals surface area (Å²) in [5, 5.41) is 26.4. The third kappa shape index (κ3) is 2.46. The molecule has 1 N–H and O–H groups in total. The zero-order valence-electron chi connectivity index (χ0n) is 13.1. The van der Waals surface area contributed by atoms with E-state index in [4.69, 9.17) is 8.83 Å². The van der Waals surface area contributed by atoms with Crippen LogP contribution in [0.5, 0.6) is 0 Å². The van der Waals surface area contributed by atoms with Crippen LogP contribution in [-0.2, 0) is 0 Å². The number of piperidine rings is 1. The average molecular weight is 335 g/mol. The Bertz CT molecular complexity index is 664. The van der Waals surface area contributed by atoms with Crippen LogP contribution in [0, 0.1) is 25.6 Å². The van der Waals surface area contributed by atoms with E-state index in [-0.39, 0.29) is 0 Å². The van der Waals surface area contributed by atoms with Crippen molar-refractivity contribution in [1.29, 1.82) is 0 Å². The molecule has 0 bridgehead atoms. The van der Waals surface area contributed by atoms with Crippen LogP contribution in [-0.4, -0.2) is 21.9 Å². The van der Waals surface area contributed by atoms with E-state index in [1.165, 1.54) is 12.5 Å². The highest BCUT2D eigenvalue weighted by Crippen LogP contribution is 2.46. The summed E-state index contributed by atoms with van der Waals surface area (Å²) in [7, 11) is 0. The largest absolute Gasteiger partial charge is 0.467 e. The number of furan rings is 2. The van der Waals surface area contributed by atoms with Gasteiger partial charge in [-0.25, -0.2) is 0 Å². The molecule has 0 aliphatic carbocycles. The van der Waals surface area contributed by atoms with E-state index < -0.39 is 39.4 Å². The van der Waals surface area contributed by atoms with Gasteiger partial charge in [-0.05, 0) is 38.1 Å². The molecule has 1 aliphatic rings. The number of rotatable bonds is 4. The van der Waals surface area contributed by atoms with Crippen LogP contribution in [0.2, 0.25) is 0 Å². The van der Waals surface area contributed by atoms with Crippen LogP contribution in [0.3, 0.4) is 0 Å². The minimum atomic E-state index is -1.24. The molecule has 0 saturated carbocycles. The molecule has 0 amide bonds. The SMILES string of the molecule is CC1(C)[C@@H]([N+](=O)[O-])[C@@H](c2ccco2)N[C@@H](c2ccco2)[C@@H]1[N+](=O)[O-]. The Morgan fingerprint density at radius 3 is 1.67 bits per heavy atom. The van der Waals surface area contributed by atoms with Gasteiger partial charge in [0.15, 0.2) is 0 Å². The van der Waals surface area contributed by atoms with E-state index in [0.717, 1.165) is 0 Å². The number of nitro groups is 2. The van der Waals surface area contributed by atoms with Crippen LogP contribution < -0.4 is 5.32 Å². The van der Waals surface area contributed by atoms with Crippen molar-refractivity contribution in [2.24, 2.45) is 5.41 Å². The zero-order valence-corrected chi connectivity index (χ0v) is 13.1. The molecule has 3 heterocycles. The van der Waals surface area contributed by atoms with Crippen molar-refractivity contribution in [3.8, 4) is 0 Å². The molecule has 9 heteroatoms. The van der Waals surface area contributed by atoms with Gasteiger partial charge in [-0.2, -0.15) is 0 Å². The third-order valence-corrected chi connectivity index (χ3v) is 4.67. The van der Waals surface area contributed by atoms with Crippen LogP contribution in [0.1, 0.15) is 37.5 Å². The van der Waals surface area contributed by atoms with Crippen molar-refractivity contribution in [2.75, 3.05) is 0 Å².